The molecule has 1 rings (SSSR count). The fourth-order valence-electron chi connectivity index (χ4n) is 1.71. The maximum absolute atomic E-state index is 5.78. The van der Waals surface area contributed by atoms with Crippen LogP contribution in [0.3, 0.4) is 0 Å². The fraction of sp³-hybridized carbons (Fsp3) is 0.600. The maximum Gasteiger partial charge on any atom is 0.133 e. The number of benzene rings is 1. The second kappa shape index (κ2) is 8.54. The monoisotopic (exact) mass is 313 g/mol. The molecular weight excluding hydrogens is 290 g/mol. The van der Waals surface area contributed by atoms with Crippen LogP contribution in [0.2, 0.25) is 0 Å². The van der Waals surface area contributed by atoms with Gasteiger partial charge in [0.05, 0.1) is 11.1 Å². The van der Waals surface area contributed by atoms with Crippen LogP contribution in [0, 0.1) is 5.92 Å². The Hall–Kier alpha value is -0.540. The third kappa shape index (κ3) is 5.87. The van der Waals surface area contributed by atoms with Gasteiger partial charge in [-0.1, -0.05) is 26.8 Å². The molecule has 0 fully saturated rings. The van der Waals surface area contributed by atoms with Gasteiger partial charge in [0.1, 0.15) is 5.75 Å². The Morgan fingerprint density at radius 3 is 2.72 bits per heavy atom. The highest BCUT2D eigenvalue weighted by atomic mass is 79.9. The molecule has 2 nitrogen and oxygen atoms in total. The van der Waals surface area contributed by atoms with E-state index in [9.17, 15) is 0 Å². The van der Waals surface area contributed by atoms with Crippen LogP contribution in [0.5, 0.6) is 5.75 Å². The van der Waals surface area contributed by atoms with Gasteiger partial charge in [0.15, 0.2) is 0 Å². The van der Waals surface area contributed by atoms with Gasteiger partial charge >= 0.3 is 0 Å². The van der Waals surface area contributed by atoms with E-state index in [0.29, 0.717) is 0 Å². The van der Waals surface area contributed by atoms with Gasteiger partial charge in [-0.25, -0.2) is 0 Å². The van der Waals surface area contributed by atoms with Gasteiger partial charge in [0.2, 0.25) is 0 Å². The summed E-state index contributed by atoms with van der Waals surface area (Å²) in [6.07, 6.45) is 2.33. The molecular formula is C15H24BrNO. The predicted molar refractivity (Wildman–Crippen MR) is 81.1 cm³/mol. The molecule has 0 atom stereocenters. The van der Waals surface area contributed by atoms with Crippen molar-refractivity contribution in [1.82, 2.24) is 5.32 Å². The number of rotatable bonds is 8. The minimum atomic E-state index is 0.750. The van der Waals surface area contributed by atoms with Crippen molar-refractivity contribution in [2.45, 2.75) is 40.2 Å². The molecule has 1 aromatic rings. The van der Waals surface area contributed by atoms with Gasteiger partial charge in [-0.15, -0.1) is 0 Å². The molecule has 0 radical (unpaired) electrons. The second-order valence-electron chi connectivity index (χ2n) is 4.93. The number of hydrogen-bond acceptors (Lipinski definition) is 2. The average molecular weight is 314 g/mol. The first kappa shape index (κ1) is 15.5. The lowest BCUT2D eigenvalue weighted by molar-refractivity contribution is 0.296. The molecule has 1 aromatic carbocycles. The lowest BCUT2D eigenvalue weighted by Gasteiger charge is -2.11. The van der Waals surface area contributed by atoms with Crippen molar-refractivity contribution in [3.05, 3.63) is 28.2 Å². The Bertz CT molecular complexity index is 352. The van der Waals surface area contributed by atoms with E-state index in [2.05, 4.69) is 54.2 Å². The van der Waals surface area contributed by atoms with Gasteiger partial charge in [0.25, 0.3) is 0 Å². The SMILES string of the molecule is CCNCc1ccc(OCCCC(C)C)c(Br)c1. The van der Waals surface area contributed by atoms with Crippen LogP contribution in [0.25, 0.3) is 0 Å². The Balaban J connectivity index is 2.42. The van der Waals surface area contributed by atoms with E-state index < -0.39 is 0 Å². The van der Waals surface area contributed by atoms with Crippen molar-refractivity contribution < 1.29 is 4.74 Å². The zero-order valence-corrected chi connectivity index (χ0v) is 13.2. The lowest BCUT2D eigenvalue weighted by atomic mass is 10.1. The van der Waals surface area contributed by atoms with Crippen LogP contribution in [0.4, 0.5) is 0 Å². The number of ether oxygens (including phenoxy) is 1. The average Bonchev–Trinajstić information content (AvgIpc) is 2.33. The zero-order valence-electron chi connectivity index (χ0n) is 11.6. The van der Waals surface area contributed by atoms with Gasteiger partial charge in [-0.2, -0.15) is 0 Å². The molecule has 0 aromatic heterocycles. The molecule has 0 bridgehead atoms. The largest absolute Gasteiger partial charge is 0.492 e. The molecule has 0 unspecified atom stereocenters. The molecule has 0 saturated carbocycles. The first-order valence-electron chi connectivity index (χ1n) is 6.75. The maximum atomic E-state index is 5.78. The third-order valence-electron chi connectivity index (χ3n) is 2.76. The molecule has 0 aliphatic carbocycles. The Kier molecular flexibility index (Phi) is 7.36. The first-order chi connectivity index (χ1) is 8.63. The summed E-state index contributed by atoms with van der Waals surface area (Å²) in [6, 6.07) is 6.29. The Morgan fingerprint density at radius 2 is 2.11 bits per heavy atom. The molecule has 1 N–H and O–H groups in total. The number of halogens is 1. The second-order valence-corrected chi connectivity index (χ2v) is 5.78. The molecule has 3 heteroatoms. The standard InChI is InChI=1S/C15H24BrNO/c1-4-17-11-13-7-8-15(14(16)10-13)18-9-5-6-12(2)3/h7-8,10,12,17H,4-6,9,11H2,1-3H3. The minimum Gasteiger partial charge on any atom is -0.492 e. The highest BCUT2D eigenvalue weighted by Gasteiger charge is 2.03. The van der Waals surface area contributed by atoms with E-state index in [4.69, 9.17) is 4.74 Å². The van der Waals surface area contributed by atoms with E-state index >= 15 is 0 Å². The predicted octanol–water partition coefficient (Wildman–Crippen LogP) is 4.37. The molecule has 0 saturated heterocycles. The smallest absolute Gasteiger partial charge is 0.133 e. The summed E-state index contributed by atoms with van der Waals surface area (Å²) >= 11 is 3.57. The van der Waals surface area contributed by atoms with Crippen molar-refractivity contribution in [2.75, 3.05) is 13.2 Å². The number of nitrogens with one attached hydrogen (secondary N) is 1. The van der Waals surface area contributed by atoms with Gasteiger partial charge < -0.3 is 10.1 Å². The topological polar surface area (TPSA) is 21.3 Å². The summed E-state index contributed by atoms with van der Waals surface area (Å²) in [5.41, 5.74) is 1.28. The molecule has 0 heterocycles. The summed E-state index contributed by atoms with van der Waals surface area (Å²) in [5.74, 6) is 1.69. The van der Waals surface area contributed by atoms with Crippen molar-refractivity contribution in [3.63, 3.8) is 0 Å². The Morgan fingerprint density at radius 1 is 1.33 bits per heavy atom. The van der Waals surface area contributed by atoms with E-state index in [1.54, 1.807) is 0 Å². The van der Waals surface area contributed by atoms with Crippen LogP contribution in [0.15, 0.2) is 22.7 Å². The summed E-state index contributed by atoms with van der Waals surface area (Å²) < 4.78 is 6.82. The summed E-state index contributed by atoms with van der Waals surface area (Å²) in [4.78, 5) is 0. The van der Waals surface area contributed by atoms with Crippen LogP contribution in [-0.4, -0.2) is 13.2 Å². The summed E-state index contributed by atoms with van der Waals surface area (Å²) in [6.45, 7) is 9.29. The fourth-order valence-corrected chi connectivity index (χ4v) is 2.26. The van der Waals surface area contributed by atoms with Gasteiger partial charge in [-0.3, -0.25) is 0 Å². The van der Waals surface area contributed by atoms with Crippen molar-refractivity contribution >= 4 is 15.9 Å². The van der Waals surface area contributed by atoms with Crippen LogP contribution >= 0.6 is 15.9 Å². The van der Waals surface area contributed by atoms with Crippen molar-refractivity contribution in [1.29, 1.82) is 0 Å². The number of hydrogen-bond donors (Lipinski definition) is 1. The normalized spacial score (nSPS) is 10.9. The molecule has 0 aliphatic heterocycles. The minimum absolute atomic E-state index is 0.750. The summed E-state index contributed by atoms with van der Waals surface area (Å²) in [5, 5.41) is 3.31. The third-order valence-corrected chi connectivity index (χ3v) is 3.38. The lowest BCUT2D eigenvalue weighted by Crippen LogP contribution is -2.11. The van der Waals surface area contributed by atoms with Crippen LogP contribution in [-0.2, 0) is 6.54 Å². The molecule has 0 spiro atoms. The molecule has 18 heavy (non-hydrogen) atoms. The highest BCUT2D eigenvalue weighted by Crippen LogP contribution is 2.26. The molecule has 0 aliphatic rings. The van der Waals surface area contributed by atoms with Crippen LogP contribution < -0.4 is 10.1 Å². The van der Waals surface area contributed by atoms with Gasteiger partial charge in [-0.05, 0) is 58.9 Å². The molecule has 0 amide bonds. The molecule has 102 valence electrons. The van der Waals surface area contributed by atoms with E-state index in [0.717, 1.165) is 42.3 Å². The highest BCUT2D eigenvalue weighted by molar-refractivity contribution is 9.10. The quantitative estimate of drug-likeness (QED) is 0.719. The zero-order chi connectivity index (χ0) is 13.4. The van der Waals surface area contributed by atoms with Crippen molar-refractivity contribution in [2.24, 2.45) is 5.92 Å². The first-order valence-corrected chi connectivity index (χ1v) is 7.54. The Labute approximate surface area is 119 Å². The van der Waals surface area contributed by atoms with Crippen molar-refractivity contribution in [3.8, 4) is 5.75 Å². The van der Waals surface area contributed by atoms with Gasteiger partial charge in [0, 0.05) is 6.54 Å². The van der Waals surface area contributed by atoms with E-state index in [1.165, 1.54) is 12.0 Å². The summed E-state index contributed by atoms with van der Waals surface area (Å²) in [7, 11) is 0. The van der Waals surface area contributed by atoms with E-state index in [-0.39, 0.29) is 0 Å². The van der Waals surface area contributed by atoms with E-state index in [1.807, 2.05) is 6.07 Å². The van der Waals surface area contributed by atoms with Crippen LogP contribution in [0.1, 0.15) is 39.2 Å².